The van der Waals surface area contributed by atoms with Gasteiger partial charge >= 0.3 is 5.97 Å². The van der Waals surface area contributed by atoms with Crippen LogP contribution < -0.4 is 4.90 Å². The summed E-state index contributed by atoms with van der Waals surface area (Å²) in [6.07, 6.45) is 1.65. The maximum absolute atomic E-state index is 12.0. The second kappa shape index (κ2) is 6.30. The van der Waals surface area contributed by atoms with Crippen LogP contribution in [-0.4, -0.2) is 24.6 Å². The molecule has 114 valence electrons. The van der Waals surface area contributed by atoms with E-state index in [1.807, 2.05) is 43.3 Å². The molecule has 0 spiro atoms. The lowest BCUT2D eigenvalue weighted by Gasteiger charge is -2.20. The Morgan fingerprint density at radius 3 is 2.90 bits per heavy atom. The molecular formula is C15H20N2O3S. The number of furan rings is 1. The lowest BCUT2D eigenvalue weighted by atomic mass is 9.90. The van der Waals surface area contributed by atoms with Gasteiger partial charge in [-0.25, -0.2) is 4.98 Å². The van der Waals surface area contributed by atoms with Crippen molar-refractivity contribution in [1.29, 1.82) is 0 Å². The first-order chi connectivity index (χ1) is 9.95. The highest BCUT2D eigenvalue weighted by Crippen LogP contribution is 2.30. The fourth-order valence-corrected chi connectivity index (χ4v) is 2.81. The molecule has 0 aromatic carbocycles. The highest BCUT2D eigenvalue weighted by atomic mass is 32.1. The third-order valence-corrected chi connectivity index (χ3v) is 4.17. The Morgan fingerprint density at radius 2 is 2.29 bits per heavy atom. The third kappa shape index (κ3) is 3.44. The van der Waals surface area contributed by atoms with Gasteiger partial charge in [-0.1, -0.05) is 0 Å². The van der Waals surface area contributed by atoms with Crippen LogP contribution in [0.25, 0.3) is 0 Å². The van der Waals surface area contributed by atoms with E-state index >= 15 is 0 Å². The summed E-state index contributed by atoms with van der Waals surface area (Å²) in [6.45, 7) is 6.47. The van der Waals surface area contributed by atoms with E-state index in [0.29, 0.717) is 13.2 Å². The van der Waals surface area contributed by atoms with Crippen molar-refractivity contribution >= 4 is 22.4 Å². The van der Waals surface area contributed by atoms with Crippen molar-refractivity contribution in [2.75, 3.05) is 18.6 Å². The first-order valence-corrected chi connectivity index (χ1v) is 7.70. The van der Waals surface area contributed by atoms with E-state index in [0.717, 1.165) is 16.6 Å². The summed E-state index contributed by atoms with van der Waals surface area (Å²) in [5, 5.41) is 2.75. The van der Waals surface area contributed by atoms with Gasteiger partial charge in [0.1, 0.15) is 11.2 Å². The molecule has 0 aliphatic carbocycles. The van der Waals surface area contributed by atoms with E-state index in [9.17, 15) is 4.79 Å². The van der Waals surface area contributed by atoms with Gasteiger partial charge in [-0.15, -0.1) is 11.3 Å². The third-order valence-electron chi connectivity index (χ3n) is 3.22. The molecule has 0 amide bonds. The van der Waals surface area contributed by atoms with E-state index < -0.39 is 5.41 Å². The van der Waals surface area contributed by atoms with Crippen LogP contribution in [0.2, 0.25) is 0 Å². The van der Waals surface area contributed by atoms with Gasteiger partial charge in [-0.2, -0.15) is 0 Å². The van der Waals surface area contributed by atoms with Gasteiger partial charge in [-0.3, -0.25) is 4.79 Å². The zero-order valence-electron chi connectivity index (χ0n) is 12.8. The molecule has 2 heterocycles. The largest absolute Gasteiger partial charge is 0.467 e. The average molecular weight is 308 g/mol. The number of thiazole rings is 1. The number of hydrogen-bond donors (Lipinski definition) is 0. The van der Waals surface area contributed by atoms with Crippen molar-refractivity contribution in [2.45, 2.75) is 32.7 Å². The first kappa shape index (κ1) is 15.6. The van der Waals surface area contributed by atoms with Crippen molar-refractivity contribution in [3.8, 4) is 0 Å². The summed E-state index contributed by atoms with van der Waals surface area (Å²) >= 11 is 1.51. The standard InChI is InChI=1S/C15H20N2O3S/c1-5-19-13(18)15(2,3)12-10-21-14(16-12)17(4)9-11-7-6-8-20-11/h6-8,10H,5,9H2,1-4H3. The van der Waals surface area contributed by atoms with Crippen LogP contribution in [0.1, 0.15) is 32.2 Å². The topological polar surface area (TPSA) is 55.6 Å². The number of esters is 1. The number of aromatic nitrogens is 1. The van der Waals surface area contributed by atoms with Gasteiger partial charge in [-0.05, 0) is 32.9 Å². The molecule has 0 unspecified atom stereocenters. The smallest absolute Gasteiger partial charge is 0.317 e. The molecule has 0 aliphatic heterocycles. The Morgan fingerprint density at radius 1 is 1.52 bits per heavy atom. The molecular weight excluding hydrogens is 288 g/mol. The monoisotopic (exact) mass is 308 g/mol. The molecule has 0 aliphatic rings. The van der Waals surface area contributed by atoms with Crippen LogP contribution in [0.15, 0.2) is 28.2 Å². The summed E-state index contributed by atoms with van der Waals surface area (Å²) in [7, 11) is 1.95. The number of ether oxygens (including phenoxy) is 1. The van der Waals surface area contributed by atoms with Gasteiger partial charge in [0, 0.05) is 12.4 Å². The highest BCUT2D eigenvalue weighted by Gasteiger charge is 2.34. The van der Waals surface area contributed by atoms with Crippen molar-refractivity contribution in [1.82, 2.24) is 4.98 Å². The molecule has 0 saturated heterocycles. The minimum absolute atomic E-state index is 0.254. The number of nitrogens with zero attached hydrogens (tertiary/aromatic N) is 2. The zero-order chi connectivity index (χ0) is 15.5. The second-order valence-corrected chi connectivity index (χ2v) is 6.13. The molecule has 0 N–H and O–H groups in total. The Kier molecular flexibility index (Phi) is 4.67. The van der Waals surface area contributed by atoms with Crippen molar-refractivity contribution in [2.24, 2.45) is 0 Å². The lowest BCUT2D eigenvalue weighted by molar-refractivity contribution is -0.148. The summed E-state index contributed by atoms with van der Waals surface area (Å²) in [5.41, 5.74) is -0.0109. The predicted molar refractivity (Wildman–Crippen MR) is 82.6 cm³/mol. The lowest BCUT2D eigenvalue weighted by Crippen LogP contribution is -2.31. The SMILES string of the molecule is CCOC(=O)C(C)(C)c1csc(N(C)Cc2ccco2)n1. The molecule has 0 radical (unpaired) electrons. The highest BCUT2D eigenvalue weighted by molar-refractivity contribution is 7.13. The zero-order valence-corrected chi connectivity index (χ0v) is 13.6. The average Bonchev–Trinajstić information content (AvgIpc) is 3.09. The van der Waals surface area contributed by atoms with Crippen LogP contribution in [-0.2, 0) is 21.5 Å². The summed E-state index contributed by atoms with van der Waals surface area (Å²) in [4.78, 5) is 18.6. The molecule has 6 heteroatoms. The maximum Gasteiger partial charge on any atom is 0.317 e. The van der Waals surface area contributed by atoms with E-state index in [1.165, 1.54) is 11.3 Å². The molecule has 0 bridgehead atoms. The maximum atomic E-state index is 12.0. The number of carbonyl (C=O) groups excluding carboxylic acids is 1. The van der Waals surface area contributed by atoms with Gasteiger partial charge in [0.05, 0.1) is 25.1 Å². The molecule has 0 atom stereocenters. The minimum atomic E-state index is -0.740. The summed E-state index contributed by atoms with van der Waals surface area (Å²) in [6, 6.07) is 3.79. The van der Waals surface area contributed by atoms with E-state index in [-0.39, 0.29) is 5.97 Å². The molecule has 21 heavy (non-hydrogen) atoms. The quantitative estimate of drug-likeness (QED) is 0.767. The van der Waals surface area contributed by atoms with Gasteiger partial charge in [0.25, 0.3) is 0 Å². The van der Waals surface area contributed by atoms with Crippen LogP contribution in [0.4, 0.5) is 5.13 Å². The number of rotatable bonds is 6. The van der Waals surface area contributed by atoms with Gasteiger partial charge < -0.3 is 14.1 Å². The number of hydrogen-bond acceptors (Lipinski definition) is 6. The Hall–Kier alpha value is -1.82. The van der Waals surface area contributed by atoms with Crippen LogP contribution in [0.5, 0.6) is 0 Å². The van der Waals surface area contributed by atoms with Crippen molar-refractivity contribution in [3.63, 3.8) is 0 Å². The van der Waals surface area contributed by atoms with E-state index in [2.05, 4.69) is 4.98 Å². The molecule has 0 fully saturated rings. The number of anilines is 1. The molecule has 2 rings (SSSR count). The van der Waals surface area contributed by atoms with Crippen molar-refractivity contribution in [3.05, 3.63) is 35.2 Å². The summed E-state index contributed by atoms with van der Waals surface area (Å²) in [5.74, 6) is 0.620. The summed E-state index contributed by atoms with van der Waals surface area (Å²) < 4.78 is 10.4. The Bertz CT molecular complexity index is 590. The van der Waals surface area contributed by atoms with Crippen molar-refractivity contribution < 1.29 is 13.9 Å². The predicted octanol–water partition coefficient (Wildman–Crippen LogP) is 3.21. The van der Waals surface area contributed by atoms with Crippen LogP contribution in [0.3, 0.4) is 0 Å². The minimum Gasteiger partial charge on any atom is -0.467 e. The fourth-order valence-electron chi connectivity index (χ4n) is 1.85. The van der Waals surface area contributed by atoms with E-state index in [4.69, 9.17) is 9.15 Å². The Labute approximate surface area is 128 Å². The van der Waals surface area contributed by atoms with Gasteiger partial charge in [0.2, 0.25) is 0 Å². The second-order valence-electron chi connectivity index (χ2n) is 5.30. The van der Waals surface area contributed by atoms with Gasteiger partial charge in [0.15, 0.2) is 5.13 Å². The molecule has 0 saturated carbocycles. The number of carbonyl (C=O) groups is 1. The van der Waals surface area contributed by atoms with E-state index in [1.54, 1.807) is 13.2 Å². The normalized spacial score (nSPS) is 11.4. The molecule has 5 nitrogen and oxygen atoms in total. The van der Waals surface area contributed by atoms with Crippen LogP contribution in [0, 0.1) is 0 Å². The molecule has 2 aromatic heterocycles. The molecule has 2 aromatic rings. The fraction of sp³-hybridized carbons (Fsp3) is 0.467. The van der Waals surface area contributed by atoms with Crippen LogP contribution >= 0.6 is 11.3 Å². The first-order valence-electron chi connectivity index (χ1n) is 6.82. The Balaban J connectivity index is 2.11.